The van der Waals surface area contributed by atoms with Crippen LogP contribution in [-0.4, -0.2) is 105 Å². The molecule has 2 aromatic rings. The minimum atomic E-state index is -1.94. The van der Waals surface area contributed by atoms with Crippen molar-refractivity contribution in [2.45, 2.75) is 86.7 Å². The van der Waals surface area contributed by atoms with Gasteiger partial charge in [0.1, 0.15) is 23.4 Å². The zero-order valence-corrected chi connectivity index (χ0v) is 34.6. The highest BCUT2D eigenvalue weighted by molar-refractivity contribution is 6.23. The van der Waals surface area contributed by atoms with Crippen molar-refractivity contribution in [3.8, 4) is 23.0 Å². The number of aromatic hydroxyl groups is 3. The van der Waals surface area contributed by atoms with E-state index in [1.807, 2.05) is 41.7 Å². The molecule has 0 aromatic heterocycles. The van der Waals surface area contributed by atoms with Crippen LogP contribution < -0.4 is 10.1 Å². The summed E-state index contributed by atoms with van der Waals surface area (Å²) < 4.78 is 18.0. The number of phenols is 3. The molecule has 6 rings (SSSR count). The first-order valence-corrected chi connectivity index (χ1v) is 19.6. The molecule has 14 nitrogen and oxygen atoms in total. The van der Waals surface area contributed by atoms with Crippen LogP contribution >= 0.6 is 0 Å². The van der Waals surface area contributed by atoms with Crippen molar-refractivity contribution in [2.24, 2.45) is 34.7 Å². The van der Waals surface area contributed by atoms with Crippen LogP contribution in [0.3, 0.4) is 0 Å². The van der Waals surface area contributed by atoms with Crippen LogP contribution in [-0.2, 0) is 19.1 Å². The number of esters is 1. The van der Waals surface area contributed by atoms with Gasteiger partial charge in [0.05, 0.1) is 40.8 Å². The van der Waals surface area contributed by atoms with E-state index in [4.69, 9.17) is 14.2 Å². The molecule has 5 bridgehead atoms. The Bertz CT molecular complexity index is 2020. The number of aliphatic hydroxyl groups is 1. The highest BCUT2D eigenvalue weighted by Crippen LogP contribution is 2.55. The standard InChI is InChI=1S/C43H58N4O10/c1-22-14-19-55-43(9)41(53)33-31-32(36(50)28(7)40(33)57-43)38(52)34(30(37(31)51)21-44-47-17-15-46(10)16-18-47)45-42(54)24(3)13-11-12-23(2)35(49)25(4)20-26(5)39(27(22)6)56-29(8)48/h11-14,19,21-23,25-27,35,39,49-52H,15-18,20H2,1-10H3,(H,45,54)/b12-11+,19-14+,24-13-,44-21+/t22?,23?,25-,26?,27?,35-,39?,43-/m0/s1. The molecule has 1 amide bonds. The van der Waals surface area contributed by atoms with E-state index in [0.717, 1.165) is 13.1 Å². The van der Waals surface area contributed by atoms with Crippen molar-refractivity contribution >= 4 is 40.3 Å². The Hall–Kier alpha value is -5.08. The predicted octanol–water partition coefficient (Wildman–Crippen LogP) is 5.99. The average Bonchev–Trinajstić information content (AvgIpc) is 3.42. The van der Waals surface area contributed by atoms with Crippen LogP contribution in [0, 0.1) is 36.5 Å². The smallest absolute Gasteiger partial charge is 0.312 e. The number of ether oxygens (including phenoxy) is 3. The SMILES string of the molecule is CC(=O)OC1C(C)C[C@H](C)[C@@H](O)C(C)/C=C/C=C(/C)C(=O)Nc2c(/C=N/N3CCN(C)CC3)c(O)c3c4c(c(C)c(O)c3c2O)O[C@](C)(O/C=C/C(C)C1C)C4=O. The molecule has 0 saturated carbocycles. The zero-order valence-electron chi connectivity index (χ0n) is 34.6. The van der Waals surface area contributed by atoms with Gasteiger partial charge in [0, 0.05) is 62.5 Å². The van der Waals surface area contributed by atoms with E-state index < -0.39 is 52.9 Å². The number of hydrogen-bond acceptors (Lipinski definition) is 13. The average molecular weight is 791 g/mol. The number of rotatable bonds is 3. The highest BCUT2D eigenvalue weighted by Gasteiger charge is 2.49. The minimum absolute atomic E-state index is 0.0406. The third kappa shape index (κ3) is 8.76. The summed E-state index contributed by atoms with van der Waals surface area (Å²) >= 11 is 0. The quantitative estimate of drug-likeness (QED) is 0.106. The molecule has 5 unspecified atom stereocenters. The number of nitrogens with zero attached hydrogens (tertiary/aromatic N) is 3. The van der Waals surface area contributed by atoms with Crippen LogP contribution in [0.15, 0.2) is 41.2 Å². The fourth-order valence-corrected chi connectivity index (χ4v) is 7.86. The molecular weight excluding hydrogens is 732 g/mol. The molecule has 4 aliphatic heterocycles. The molecule has 1 fully saturated rings. The number of allylic oxidation sites excluding steroid dienone is 3. The second-order valence-electron chi connectivity index (χ2n) is 16.3. The Labute approximate surface area is 334 Å². The monoisotopic (exact) mass is 790 g/mol. The maximum absolute atomic E-state index is 14.4. The normalized spacial score (nSPS) is 31.5. The highest BCUT2D eigenvalue weighted by atomic mass is 16.7. The molecule has 4 aliphatic rings. The number of anilines is 1. The first kappa shape index (κ1) is 43.1. The van der Waals surface area contributed by atoms with E-state index in [1.54, 1.807) is 36.2 Å². The van der Waals surface area contributed by atoms with Crippen LogP contribution in [0.1, 0.15) is 83.3 Å². The Balaban J connectivity index is 1.68. The number of amides is 1. The topological polar surface area (TPSA) is 191 Å². The number of Topliss-reactive ketones (excluding diaryl/α,β-unsaturated/α-hetero) is 1. The summed E-state index contributed by atoms with van der Waals surface area (Å²) in [6, 6.07) is 0. The maximum atomic E-state index is 14.4. The van der Waals surface area contributed by atoms with E-state index in [9.17, 15) is 34.8 Å². The molecule has 0 spiro atoms. The lowest BCUT2D eigenvalue weighted by Crippen LogP contribution is -2.41. The largest absolute Gasteiger partial charge is 0.507 e. The van der Waals surface area contributed by atoms with Gasteiger partial charge in [0.2, 0.25) is 0 Å². The number of hydrazone groups is 1. The van der Waals surface area contributed by atoms with Gasteiger partial charge in [-0.05, 0) is 57.1 Å². The van der Waals surface area contributed by atoms with E-state index in [2.05, 4.69) is 15.3 Å². The summed E-state index contributed by atoms with van der Waals surface area (Å²) in [5, 5.41) is 55.4. The number of piperazine rings is 1. The van der Waals surface area contributed by atoms with Gasteiger partial charge < -0.3 is 44.9 Å². The molecular formula is C43H58N4O10. The maximum Gasteiger partial charge on any atom is 0.312 e. The fraction of sp³-hybridized carbons (Fsp3) is 0.535. The summed E-state index contributed by atoms with van der Waals surface area (Å²) in [5.41, 5.74) is -0.106. The van der Waals surface area contributed by atoms with Crippen molar-refractivity contribution in [1.29, 1.82) is 0 Å². The molecule has 2 aromatic carbocycles. The minimum Gasteiger partial charge on any atom is -0.507 e. The van der Waals surface area contributed by atoms with Gasteiger partial charge >= 0.3 is 11.8 Å². The third-order valence-corrected chi connectivity index (χ3v) is 11.8. The van der Waals surface area contributed by atoms with Crippen LogP contribution in [0.4, 0.5) is 5.69 Å². The molecule has 5 N–H and O–H groups in total. The number of nitrogens with one attached hydrogen (secondary N) is 1. The van der Waals surface area contributed by atoms with Gasteiger partial charge in [-0.3, -0.25) is 19.4 Å². The van der Waals surface area contributed by atoms with Gasteiger partial charge in [-0.1, -0.05) is 52.8 Å². The van der Waals surface area contributed by atoms with Gasteiger partial charge in [-0.2, -0.15) is 5.10 Å². The fourth-order valence-electron chi connectivity index (χ4n) is 7.86. The molecule has 310 valence electrons. The van der Waals surface area contributed by atoms with Crippen molar-refractivity contribution in [1.82, 2.24) is 9.91 Å². The second kappa shape index (κ2) is 17.2. The summed E-state index contributed by atoms with van der Waals surface area (Å²) in [4.78, 5) is 42.5. The number of hydrogen-bond donors (Lipinski definition) is 5. The first-order valence-electron chi connectivity index (χ1n) is 19.6. The summed E-state index contributed by atoms with van der Waals surface area (Å²) in [7, 11) is 2.00. The van der Waals surface area contributed by atoms with Crippen molar-refractivity contribution < 1.29 is 49.0 Å². The van der Waals surface area contributed by atoms with E-state index in [0.29, 0.717) is 19.5 Å². The van der Waals surface area contributed by atoms with E-state index in [-0.39, 0.29) is 74.1 Å². The molecule has 4 heterocycles. The number of fused-ring (bicyclic) bond motifs is 14. The summed E-state index contributed by atoms with van der Waals surface area (Å²) in [6.45, 7) is 18.2. The van der Waals surface area contributed by atoms with Gasteiger partial charge in [0.15, 0.2) is 5.75 Å². The Morgan fingerprint density at radius 2 is 1.63 bits per heavy atom. The Kier molecular flexibility index (Phi) is 13.0. The molecule has 0 aliphatic carbocycles. The molecule has 8 atom stereocenters. The molecule has 57 heavy (non-hydrogen) atoms. The predicted molar refractivity (Wildman–Crippen MR) is 217 cm³/mol. The molecule has 14 heteroatoms. The number of carbonyl (C=O) groups excluding carboxylic acids is 3. The first-order chi connectivity index (χ1) is 26.8. The lowest BCUT2D eigenvalue weighted by atomic mass is 9.78. The zero-order chi connectivity index (χ0) is 42.1. The number of likely N-dealkylation sites (N-methyl/N-ethyl adjacent to an activating group) is 1. The lowest BCUT2D eigenvalue weighted by molar-refractivity contribution is -0.153. The summed E-state index contributed by atoms with van der Waals surface area (Å²) in [6.07, 6.45) is 8.75. The van der Waals surface area contributed by atoms with Crippen molar-refractivity contribution in [2.75, 3.05) is 38.5 Å². The lowest BCUT2D eigenvalue weighted by Gasteiger charge is -2.34. The van der Waals surface area contributed by atoms with Crippen LogP contribution in [0.25, 0.3) is 10.8 Å². The number of carbonyl (C=O) groups is 3. The summed E-state index contributed by atoms with van der Waals surface area (Å²) in [5.74, 6) is -6.34. The molecule has 0 radical (unpaired) electrons. The number of phenolic OH excluding ortho intramolecular Hbond substituents is 3. The van der Waals surface area contributed by atoms with Crippen LogP contribution in [0.2, 0.25) is 0 Å². The Morgan fingerprint density at radius 3 is 2.28 bits per heavy atom. The van der Waals surface area contributed by atoms with E-state index in [1.165, 1.54) is 33.2 Å². The number of aliphatic hydroxyl groups excluding tert-OH is 1. The second-order valence-corrected chi connectivity index (χ2v) is 16.3. The number of benzene rings is 2. The molecule has 1 saturated heterocycles. The van der Waals surface area contributed by atoms with Gasteiger partial charge in [0.25, 0.3) is 11.7 Å². The Morgan fingerprint density at radius 1 is 0.965 bits per heavy atom. The van der Waals surface area contributed by atoms with Crippen molar-refractivity contribution in [3.05, 3.63) is 52.8 Å². The van der Waals surface area contributed by atoms with Gasteiger partial charge in [-0.25, -0.2) is 0 Å². The van der Waals surface area contributed by atoms with Crippen LogP contribution in [0.5, 0.6) is 23.0 Å². The van der Waals surface area contributed by atoms with E-state index >= 15 is 0 Å². The third-order valence-electron chi connectivity index (χ3n) is 11.8. The van der Waals surface area contributed by atoms with Gasteiger partial charge in [-0.15, -0.1) is 0 Å². The number of ketones is 1. The van der Waals surface area contributed by atoms with Crippen molar-refractivity contribution in [3.63, 3.8) is 0 Å².